The average Bonchev–Trinajstić information content (AvgIpc) is 2.76. The van der Waals surface area contributed by atoms with Gasteiger partial charge in [-0.15, -0.1) is 0 Å². The molecular weight excluding hydrogens is 539 g/mol. The Morgan fingerprint density at radius 1 is 1.00 bits per heavy atom. The molecule has 2 amide bonds. The molecule has 32 heavy (non-hydrogen) atoms. The van der Waals surface area contributed by atoms with Gasteiger partial charge in [0.05, 0.1) is 10.2 Å². The van der Waals surface area contributed by atoms with Crippen LogP contribution in [0, 0.1) is 3.57 Å². The zero-order valence-corrected chi connectivity index (χ0v) is 20.1. The first-order valence-electron chi connectivity index (χ1n) is 9.90. The van der Waals surface area contributed by atoms with Crippen molar-refractivity contribution in [1.82, 2.24) is 10.6 Å². The number of ether oxygens (including phenoxy) is 2. The number of fused-ring (bicyclic) bond motifs is 1. The lowest BCUT2D eigenvalue weighted by molar-refractivity contribution is -0.123. The van der Waals surface area contributed by atoms with Crippen molar-refractivity contribution in [3.05, 3.63) is 74.9 Å². The molecule has 1 saturated heterocycles. The van der Waals surface area contributed by atoms with Crippen molar-refractivity contribution >= 4 is 68.6 Å². The molecule has 3 aromatic rings. The first kappa shape index (κ1) is 22.2. The van der Waals surface area contributed by atoms with Gasteiger partial charge in [0.2, 0.25) is 0 Å². The van der Waals surface area contributed by atoms with Crippen molar-refractivity contribution in [3.8, 4) is 11.5 Å². The zero-order chi connectivity index (χ0) is 22.7. The second kappa shape index (κ2) is 9.66. The maximum Gasteiger partial charge on any atom is 0.263 e. The number of nitrogens with one attached hydrogen (secondary N) is 2. The Labute approximate surface area is 204 Å². The molecule has 0 spiro atoms. The Kier molecular flexibility index (Phi) is 6.71. The van der Waals surface area contributed by atoms with Crippen LogP contribution >= 0.6 is 34.8 Å². The highest BCUT2D eigenvalue weighted by Crippen LogP contribution is 2.36. The zero-order valence-electron chi connectivity index (χ0n) is 17.1. The van der Waals surface area contributed by atoms with Crippen LogP contribution in [0.25, 0.3) is 16.8 Å². The number of rotatable bonds is 6. The van der Waals surface area contributed by atoms with Crippen molar-refractivity contribution < 1.29 is 19.1 Å². The molecule has 0 saturated carbocycles. The molecule has 0 aromatic heterocycles. The van der Waals surface area contributed by atoms with E-state index >= 15 is 0 Å². The summed E-state index contributed by atoms with van der Waals surface area (Å²) in [6.45, 7) is 2.70. The number of carbonyl (C=O) groups is 2. The topological polar surface area (TPSA) is 76.7 Å². The summed E-state index contributed by atoms with van der Waals surface area (Å²) in [5.41, 5.74) is 1.68. The third-order valence-electron chi connectivity index (χ3n) is 4.84. The number of amides is 2. The predicted octanol–water partition coefficient (Wildman–Crippen LogP) is 4.34. The molecule has 1 aliphatic rings. The molecule has 0 aliphatic carbocycles. The number of thiocarbonyl (C=S) groups is 1. The second-order valence-corrected chi connectivity index (χ2v) is 8.56. The summed E-state index contributed by atoms with van der Waals surface area (Å²) >= 11 is 7.00. The fourth-order valence-corrected chi connectivity index (χ4v) is 4.38. The molecule has 1 heterocycles. The number of hydrogen-bond donors (Lipinski definition) is 2. The standard InChI is InChI=1S/C24H19IN2O4S/c1-2-30-20-12-14(10-18-22(28)26-24(32)27-23(18)29)11-19(25)21(20)31-13-16-8-5-7-15-6-3-4-9-17(15)16/h3-12H,2,13H2,1H3,(H2,26,27,28,29,32). The molecule has 1 aliphatic heterocycles. The van der Waals surface area contributed by atoms with E-state index in [4.69, 9.17) is 21.7 Å². The van der Waals surface area contributed by atoms with Crippen molar-refractivity contribution in [1.29, 1.82) is 0 Å². The third kappa shape index (κ3) is 4.76. The molecule has 0 atom stereocenters. The highest BCUT2D eigenvalue weighted by atomic mass is 127. The van der Waals surface area contributed by atoms with Crippen LogP contribution in [-0.2, 0) is 16.2 Å². The Hall–Kier alpha value is -2.98. The summed E-state index contributed by atoms with van der Waals surface area (Å²) in [5, 5.41) is 7.15. The highest BCUT2D eigenvalue weighted by molar-refractivity contribution is 14.1. The molecule has 1 fully saturated rings. The van der Waals surface area contributed by atoms with Gasteiger partial charge in [0, 0.05) is 0 Å². The van der Waals surface area contributed by atoms with Crippen LogP contribution in [0.15, 0.2) is 60.2 Å². The fraction of sp³-hybridized carbons (Fsp3) is 0.125. The quantitative estimate of drug-likeness (QED) is 0.204. The Balaban J connectivity index is 1.64. The highest BCUT2D eigenvalue weighted by Gasteiger charge is 2.26. The van der Waals surface area contributed by atoms with E-state index in [1.165, 1.54) is 6.08 Å². The first-order chi connectivity index (χ1) is 15.5. The van der Waals surface area contributed by atoms with E-state index in [9.17, 15) is 9.59 Å². The van der Waals surface area contributed by atoms with Crippen LogP contribution in [-0.4, -0.2) is 23.5 Å². The Morgan fingerprint density at radius 3 is 2.47 bits per heavy atom. The molecule has 8 heteroatoms. The maximum atomic E-state index is 12.2. The van der Waals surface area contributed by atoms with Crippen LogP contribution < -0.4 is 20.1 Å². The lowest BCUT2D eigenvalue weighted by Crippen LogP contribution is -2.51. The summed E-state index contributed by atoms with van der Waals surface area (Å²) in [6.07, 6.45) is 1.51. The van der Waals surface area contributed by atoms with Gasteiger partial charge in [0.25, 0.3) is 11.8 Å². The SMILES string of the molecule is CCOc1cc(C=C2C(=O)NC(=S)NC2=O)cc(I)c1OCc1cccc2ccccc12. The Bertz CT molecular complexity index is 1240. The number of benzene rings is 3. The van der Waals surface area contributed by atoms with E-state index < -0.39 is 11.8 Å². The minimum absolute atomic E-state index is 0.00100. The third-order valence-corrected chi connectivity index (χ3v) is 5.84. The van der Waals surface area contributed by atoms with Crippen LogP contribution in [0.5, 0.6) is 11.5 Å². The van der Waals surface area contributed by atoms with Gasteiger partial charge < -0.3 is 9.47 Å². The van der Waals surface area contributed by atoms with Gasteiger partial charge in [-0.25, -0.2) is 0 Å². The van der Waals surface area contributed by atoms with E-state index in [-0.39, 0.29) is 10.7 Å². The van der Waals surface area contributed by atoms with Gasteiger partial charge in [-0.3, -0.25) is 20.2 Å². The minimum Gasteiger partial charge on any atom is -0.490 e. The lowest BCUT2D eigenvalue weighted by Gasteiger charge is -2.18. The summed E-state index contributed by atoms with van der Waals surface area (Å²) in [4.78, 5) is 24.3. The molecule has 2 N–H and O–H groups in total. The van der Waals surface area contributed by atoms with E-state index in [0.29, 0.717) is 30.3 Å². The Morgan fingerprint density at radius 2 is 1.72 bits per heavy atom. The molecule has 162 valence electrons. The second-order valence-electron chi connectivity index (χ2n) is 6.99. The van der Waals surface area contributed by atoms with Gasteiger partial charge in [0.1, 0.15) is 12.2 Å². The molecule has 0 unspecified atom stereocenters. The molecule has 0 bridgehead atoms. The van der Waals surface area contributed by atoms with Crippen molar-refractivity contribution in [2.24, 2.45) is 0 Å². The van der Waals surface area contributed by atoms with Gasteiger partial charge in [-0.05, 0) is 81.8 Å². The summed E-state index contributed by atoms with van der Waals surface area (Å²) in [5.74, 6) is 0.0749. The van der Waals surface area contributed by atoms with Crippen molar-refractivity contribution in [2.45, 2.75) is 13.5 Å². The average molecular weight is 558 g/mol. The summed E-state index contributed by atoms with van der Waals surface area (Å²) in [7, 11) is 0. The van der Waals surface area contributed by atoms with E-state index in [2.05, 4.69) is 51.4 Å². The van der Waals surface area contributed by atoms with Crippen LogP contribution in [0.3, 0.4) is 0 Å². The van der Waals surface area contributed by atoms with Crippen molar-refractivity contribution in [3.63, 3.8) is 0 Å². The molecule has 6 nitrogen and oxygen atoms in total. The fourth-order valence-electron chi connectivity index (χ4n) is 3.42. The summed E-state index contributed by atoms with van der Waals surface area (Å²) in [6, 6.07) is 17.9. The summed E-state index contributed by atoms with van der Waals surface area (Å²) < 4.78 is 12.8. The number of halogens is 1. The molecule has 3 aromatic carbocycles. The smallest absolute Gasteiger partial charge is 0.263 e. The van der Waals surface area contributed by atoms with Gasteiger partial charge in [-0.1, -0.05) is 42.5 Å². The number of carbonyl (C=O) groups excluding carboxylic acids is 2. The van der Waals surface area contributed by atoms with E-state index in [0.717, 1.165) is 19.9 Å². The van der Waals surface area contributed by atoms with Crippen LogP contribution in [0.4, 0.5) is 0 Å². The van der Waals surface area contributed by atoms with Gasteiger partial charge in [0.15, 0.2) is 16.6 Å². The lowest BCUT2D eigenvalue weighted by atomic mass is 10.1. The normalized spacial score (nSPS) is 13.6. The van der Waals surface area contributed by atoms with E-state index in [1.807, 2.05) is 37.3 Å². The maximum absolute atomic E-state index is 12.2. The molecule has 0 radical (unpaired) electrons. The first-order valence-corrected chi connectivity index (χ1v) is 11.4. The van der Waals surface area contributed by atoms with Crippen LogP contribution in [0.2, 0.25) is 0 Å². The molecular formula is C24H19IN2O4S. The van der Waals surface area contributed by atoms with Gasteiger partial charge >= 0.3 is 0 Å². The largest absolute Gasteiger partial charge is 0.490 e. The van der Waals surface area contributed by atoms with E-state index in [1.54, 1.807) is 6.07 Å². The minimum atomic E-state index is -0.539. The van der Waals surface area contributed by atoms with Crippen LogP contribution in [0.1, 0.15) is 18.1 Å². The van der Waals surface area contributed by atoms with Gasteiger partial charge in [-0.2, -0.15) is 0 Å². The monoisotopic (exact) mass is 558 g/mol. The molecule has 4 rings (SSSR count). The van der Waals surface area contributed by atoms with Crippen molar-refractivity contribution in [2.75, 3.05) is 6.61 Å². The number of hydrogen-bond acceptors (Lipinski definition) is 5. The predicted molar refractivity (Wildman–Crippen MR) is 135 cm³/mol.